The second-order valence-corrected chi connectivity index (χ2v) is 11.6. The molecule has 2 heterocycles. The number of carbonyl (C=O) groups excluding carboxylic acids is 2. The van der Waals surface area contributed by atoms with E-state index < -0.39 is 0 Å². The molecule has 2 aliphatic carbocycles. The Labute approximate surface area is 231 Å². The van der Waals surface area contributed by atoms with E-state index in [9.17, 15) is 9.59 Å². The summed E-state index contributed by atoms with van der Waals surface area (Å²) in [7, 11) is 0. The molecule has 0 spiro atoms. The van der Waals surface area contributed by atoms with Gasteiger partial charge in [0.2, 0.25) is 5.91 Å². The second kappa shape index (κ2) is 10.7. The van der Waals surface area contributed by atoms with E-state index >= 15 is 0 Å². The molecule has 2 aromatic rings. The molecule has 208 valence electrons. The van der Waals surface area contributed by atoms with Crippen molar-refractivity contribution in [2.24, 2.45) is 5.92 Å². The van der Waals surface area contributed by atoms with Gasteiger partial charge < -0.3 is 24.0 Å². The summed E-state index contributed by atoms with van der Waals surface area (Å²) >= 11 is 0. The molecule has 0 radical (unpaired) electrons. The fraction of sp³-hybridized carbons (Fsp3) is 0.562. The van der Waals surface area contributed by atoms with Gasteiger partial charge in [-0.05, 0) is 60.8 Å². The van der Waals surface area contributed by atoms with E-state index in [-0.39, 0.29) is 30.1 Å². The van der Waals surface area contributed by atoms with Crippen LogP contribution in [0.5, 0.6) is 11.5 Å². The topological polar surface area (TPSA) is 68.3 Å². The molecular weight excluding hydrogens is 492 g/mol. The predicted octanol–water partition coefficient (Wildman–Crippen LogP) is 6.01. The highest BCUT2D eigenvalue weighted by atomic mass is 16.6. The summed E-state index contributed by atoms with van der Waals surface area (Å²) < 4.78 is 18.4. The molecule has 0 aromatic heterocycles. The first-order valence-corrected chi connectivity index (χ1v) is 14.7. The van der Waals surface area contributed by atoms with E-state index in [1.54, 1.807) is 6.92 Å². The van der Waals surface area contributed by atoms with E-state index in [1.807, 2.05) is 40.1 Å². The standard InChI is InChI=1S/C32H40N2O5/c1-3-4-17-37-28-20-26-24(29-30(28)38-18-16-33(29)22(2)35)19-27-25-12-8-9-13-32(25,26)14-15-34(27)31(36)39-21-23-10-6-5-7-11-23/h5-7,10-11,20,25,27H,3-4,8-9,12-19,21H2,1-2H3/t25?,27-,32-/m0/s1. The number of unbranched alkanes of at least 4 members (excludes halogenated alkanes) is 1. The van der Waals surface area contributed by atoms with Crippen LogP contribution in [0.25, 0.3) is 0 Å². The molecule has 2 aliphatic heterocycles. The molecule has 1 saturated carbocycles. The number of hydrogen-bond acceptors (Lipinski definition) is 5. The summed E-state index contributed by atoms with van der Waals surface area (Å²) in [6.07, 6.45) is 7.94. The Morgan fingerprint density at radius 2 is 1.97 bits per heavy atom. The maximum Gasteiger partial charge on any atom is 0.410 e. The molecule has 1 unspecified atom stereocenters. The van der Waals surface area contributed by atoms with E-state index in [4.69, 9.17) is 14.2 Å². The summed E-state index contributed by atoms with van der Waals surface area (Å²) in [5, 5.41) is 0. The molecule has 7 heteroatoms. The van der Waals surface area contributed by atoms with Gasteiger partial charge >= 0.3 is 6.09 Å². The van der Waals surface area contributed by atoms with Crippen LogP contribution in [-0.2, 0) is 28.0 Å². The molecule has 2 amide bonds. The monoisotopic (exact) mass is 532 g/mol. The van der Waals surface area contributed by atoms with Crippen molar-refractivity contribution in [2.45, 2.75) is 83.3 Å². The van der Waals surface area contributed by atoms with E-state index in [2.05, 4.69) is 13.0 Å². The molecule has 2 fully saturated rings. The Morgan fingerprint density at radius 1 is 1.13 bits per heavy atom. The molecule has 3 atom stereocenters. The SMILES string of the molecule is CCCCOc1cc2c(c3c1OCCN3C(C)=O)C[C@H]1C3CCCC[C@@]23CCN1C(=O)OCc1ccccc1. The minimum atomic E-state index is -0.237. The van der Waals surface area contributed by atoms with Gasteiger partial charge in [0, 0.05) is 24.9 Å². The van der Waals surface area contributed by atoms with Gasteiger partial charge in [0.1, 0.15) is 13.2 Å². The highest BCUT2D eigenvalue weighted by Gasteiger charge is 2.56. The first-order chi connectivity index (χ1) is 19.0. The average Bonchev–Trinajstić information content (AvgIpc) is 2.96. The lowest BCUT2D eigenvalue weighted by Gasteiger charge is -2.59. The number of nitrogens with zero attached hydrogens (tertiary/aromatic N) is 2. The molecule has 0 N–H and O–H groups in total. The number of rotatable bonds is 6. The third kappa shape index (κ3) is 4.53. The molecule has 7 nitrogen and oxygen atoms in total. The van der Waals surface area contributed by atoms with Crippen LogP contribution in [0.1, 0.15) is 75.5 Å². The number of anilines is 1. The minimum absolute atomic E-state index is 0.0139. The van der Waals surface area contributed by atoms with Crippen molar-refractivity contribution in [1.29, 1.82) is 0 Å². The van der Waals surface area contributed by atoms with Gasteiger partial charge in [-0.2, -0.15) is 0 Å². The van der Waals surface area contributed by atoms with Gasteiger partial charge in [0.05, 0.1) is 18.8 Å². The van der Waals surface area contributed by atoms with Crippen molar-refractivity contribution < 1.29 is 23.8 Å². The number of benzene rings is 2. The molecule has 6 rings (SSSR count). The number of ether oxygens (including phenoxy) is 3. The summed E-state index contributed by atoms with van der Waals surface area (Å²) in [5.41, 5.74) is 4.31. The average molecular weight is 533 g/mol. The van der Waals surface area contributed by atoms with Crippen LogP contribution in [-0.4, -0.2) is 49.2 Å². The highest BCUT2D eigenvalue weighted by molar-refractivity contribution is 5.96. The van der Waals surface area contributed by atoms with Crippen LogP contribution in [0.2, 0.25) is 0 Å². The molecule has 2 bridgehead atoms. The van der Waals surface area contributed by atoms with Crippen molar-refractivity contribution in [3.63, 3.8) is 0 Å². The maximum absolute atomic E-state index is 13.5. The van der Waals surface area contributed by atoms with Crippen LogP contribution in [0.15, 0.2) is 36.4 Å². The van der Waals surface area contributed by atoms with E-state index in [0.717, 1.165) is 54.7 Å². The normalized spacial score (nSPS) is 25.1. The molecule has 4 aliphatic rings. The van der Waals surface area contributed by atoms with Crippen LogP contribution in [0.4, 0.5) is 10.5 Å². The largest absolute Gasteiger partial charge is 0.490 e. The van der Waals surface area contributed by atoms with Crippen LogP contribution in [0.3, 0.4) is 0 Å². The minimum Gasteiger partial charge on any atom is -0.490 e. The van der Waals surface area contributed by atoms with Crippen molar-refractivity contribution in [1.82, 2.24) is 4.90 Å². The van der Waals surface area contributed by atoms with Crippen LogP contribution >= 0.6 is 0 Å². The van der Waals surface area contributed by atoms with Gasteiger partial charge in [-0.3, -0.25) is 4.79 Å². The van der Waals surface area contributed by atoms with Crippen LogP contribution in [0, 0.1) is 5.92 Å². The third-order valence-electron chi connectivity index (χ3n) is 9.44. The zero-order valence-corrected chi connectivity index (χ0v) is 23.2. The molecule has 39 heavy (non-hydrogen) atoms. The molecular formula is C32H40N2O5. The van der Waals surface area contributed by atoms with Crippen molar-refractivity contribution in [3.8, 4) is 11.5 Å². The maximum atomic E-state index is 13.5. The lowest BCUT2D eigenvalue weighted by Crippen LogP contribution is -2.62. The summed E-state index contributed by atoms with van der Waals surface area (Å²) in [6, 6.07) is 12.1. The lowest BCUT2D eigenvalue weighted by molar-refractivity contribution is -0.116. The summed E-state index contributed by atoms with van der Waals surface area (Å²) in [6.45, 7) is 6.35. The Balaban J connectivity index is 1.40. The number of carbonyl (C=O) groups is 2. The van der Waals surface area contributed by atoms with Crippen molar-refractivity contribution in [3.05, 3.63) is 53.1 Å². The molecule has 1 saturated heterocycles. The number of amides is 2. The van der Waals surface area contributed by atoms with Crippen LogP contribution < -0.4 is 14.4 Å². The summed E-state index contributed by atoms with van der Waals surface area (Å²) in [5.74, 6) is 1.84. The zero-order valence-electron chi connectivity index (χ0n) is 23.2. The van der Waals surface area contributed by atoms with Gasteiger partial charge in [-0.15, -0.1) is 0 Å². The Kier molecular flexibility index (Phi) is 7.17. The van der Waals surface area contributed by atoms with Crippen molar-refractivity contribution >= 4 is 17.7 Å². The summed E-state index contributed by atoms with van der Waals surface area (Å²) in [4.78, 5) is 30.3. The smallest absolute Gasteiger partial charge is 0.410 e. The van der Waals surface area contributed by atoms with Gasteiger partial charge in [-0.25, -0.2) is 4.79 Å². The molecule has 2 aromatic carbocycles. The number of piperidine rings is 1. The van der Waals surface area contributed by atoms with Gasteiger partial charge in [0.25, 0.3) is 0 Å². The second-order valence-electron chi connectivity index (χ2n) is 11.6. The third-order valence-corrected chi connectivity index (χ3v) is 9.44. The van der Waals surface area contributed by atoms with Gasteiger partial charge in [-0.1, -0.05) is 56.5 Å². The van der Waals surface area contributed by atoms with E-state index in [0.29, 0.717) is 44.4 Å². The first kappa shape index (κ1) is 26.0. The number of hydrogen-bond donors (Lipinski definition) is 0. The number of fused-ring (bicyclic) bond motifs is 3. The number of likely N-dealkylation sites (tertiary alicyclic amines) is 1. The fourth-order valence-corrected chi connectivity index (χ4v) is 7.64. The van der Waals surface area contributed by atoms with Crippen molar-refractivity contribution in [2.75, 3.05) is 31.2 Å². The highest BCUT2D eigenvalue weighted by Crippen LogP contribution is 2.60. The van der Waals surface area contributed by atoms with E-state index in [1.165, 1.54) is 18.4 Å². The predicted molar refractivity (Wildman–Crippen MR) is 149 cm³/mol. The fourth-order valence-electron chi connectivity index (χ4n) is 7.64. The van der Waals surface area contributed by atoms with Gasteiger partial charge in [0.15, 0.2) is 11.5 Å². The zero-order chi connectivity index (χ0) is 27.0. The Morgan fingerprint density at radius 3 is 2.77 bits per heavy atom. The Bertz CT molecular complexity index is 1230. The lowest BCUT2D eigenvalue weighted by atomic mass is 9.52. The first-order valence-electron chi connectivity index (χ1n) is 14.7. The Hall–Kier alpha value is -3.22. The quantitative estimate of drug-likeness (QED) is 0.427.